The summed E-state index contributed by atoms with van der Waals surface area (Å²) in [5.41, 5.74) is 6.23. The molecule has 1 aromatic heterocycles. The largest absolute Gasteiger partial charge is 0.350 e. The van der Waals surface area contributed by atoms with Gasteiger partial charge >= 0.3 is 0 Å². The molecule has 0 saturated carbocycles. The van der Waals surface area contributed by atoms with Gasteiger partial charge in [0.1, 0.15) is 5.69 Å². The van der Waals surface area contributed by atoms with Gasteiger partial charge in [0, 0.05) is 28.6 Å². The number of nitro groups is 1. The van der Waals surface area contributed by atoms with E-state index in [-0.39, 0.29) is 11.6 Å². The van der Waals surface area contributed by atoms with Crippen LogP contribution in [0.5, 0.6) is 0 Å². The number of nitro benzene ring substituents is 1. The molecule has 2 N–H and O–H groups in total. The van der Waals surface area contributed by atoms with Gasteiger partial charge in [-0.1, -0.05) is 23.8 Å². The second-order valence-corrected chi connectivity index (χ2v) is 5.73. The van der Waals surface area contributed by atoms with Crippen molar-refractivity contribution >= 4 is 28.7 Å². The van der Waals surface area contributed by atoms with Crippen LogP contribution < -0.4 is 5.43 Å². The number of fused-ring (bicyclic) bond motifs is 1. The number of nitrogens with one attached hydrogen (secondary N) is 2. The van der Waals surface area contributed by atoms with Crippen LogP contribution >= 0.6 is 0 Å². The second kappa shape index (κ2) is 6.56. The minimum atomic E-state index is -0.480. The molecule has 0 bridgehead atoms. The van der Waals surface area contributed by atoms with Crippen molar-refractivity contribution in [2.75, 3.05) is 0 Å². The number of non-ortho nitro benzene ring substituents is 1. The smallest absolute Gasteiger partial charge is 0.288 e. The third kappa shape index (κ3) is 3.40. The van der Waals surface area contributed by atoms with Crippen LogP contribution in [0, 0.1) is 24.0 Å². The molecular formula is C18H16N4O3. The second-order valence-electron chi connectivity index (χ2n) is 5.73. The maximum absolute atomic E-state index is 12.3. The Kier molecular flexibility index (Phi) is 4.30. The van der Waals surface area contributed by atoms with E-state index in [1.165, 1.54) is 18.3 Å². The number of hydrazone groups is 1. The summed E-state index contributed by atoms with van der Waals surface area (Å²) in [6, 6.07) is 11.9. The first-order chi connectivity index (χ1) is 12.0. The van der Waals surface area contributed by atoms with E-state index in [4.69, 9.17) is 0 Å². The summed E-state index contributed by atoms with van der Waals surface area (Å²) in [6.07, 6.45) is 1.37. The van der Waals surface area contributed by atoms with Crippen LogP contribution in [0.4, 0.5) is 5.69 Å². The molecule has 1 heterocycles. The highest BCUT2D eigenvalue weighted by Gasteiger charge is 2.14. The molecule has 0 aliphatic rings. The predicted octanol–water partition coefficient (Wildman–Crippen LogP) is 3.46. The van der Waals surface area contributed by atoms with Crippen LogP contribution in [0.2, 0.25) is 0 Å². The molecule has 0 fully saturated rings. The average molecular weight is 336 g/mol. The number of benzene rings is 2. The Balaban J connectivity index is 1.78. The first kappa shape index (κ1) is 16.4. The lowest BCUT2D eigenvalue weighted by molar-refractivity contribution is -0.384. The van der Waals surface area contributed by atoms with Crippen molar-refractivity contribution in [3.8, 4) is 0 Å². The van der Waals surface area contributed by atoms with E-state index in [1.54, 1.807) is 12.1 Å². The fourth-order valence-corrected chi connectivity index (χ4v) is 2.61. The van der Waals surface area contributed by atoms with Crippen LogP contribution in [0.15, 0.2) is 47.6 Å². The molecule has 7 nitrogen and oxygen atoms in total. The third-order valence-electron chi connectivity index (χ3n) is 3.90. The zero-order chi connectivity index (χ0) is 18.0. The lowest BCUT2D eigenvalue weighted by atomic mass is 10.1. The van der Waals surface area contributed by atoms with Crippen molar-refractivity contribution in [2.24, 2.45) is 5.10 Å². The summed E-state index contributed by atoms with van der Waals surface area (Å²) in [7, 11) is 0. The lowest BCUT2D eigenvalue weighted by Crippen LogP contribution is -2.18. The highest BCUT2D eigenvalue weighted by Crippen LogP contribution is 2.22. The highest BCUT2D eigenvalue weighted by atomic mass is 16.6. The SMILES string of the molecule is Cc1ccc2[nH]c(C(=O)N/N=C/c3cccc([N+](=O)[O-])c3)c(C)c2c1. The number of amides is 1. The van der Waals surface area contributed by atoms with Crippen LogP contribution in [0.3, 0.4) is 0 Å². The van der Waals surface area contributed by atoms with Gasteiger partial charge < -0.3 is 4.98 Å². The molecule has 3 rings (SSSR count). The van der Waals surface area contributed by atoms with Crippen LogP contribution in [0.25, 0.3) is 10.9 Å². The summed E-state index contributed by atoms with van der Waals surface area (Å²) < 4.78 is 0. The maximum atomic E-state index is 12.3. The fourth-order valence-electron chi connectivity index (χ4n) is 2.61. The van der Waals surface area contributed by atoms with Gasteiger partial charge in [0.2, 0.25) is 0 Å². The zero-order valence-corrected chi connectivity index (χ0v) is 13.7. The van der Waals surface area contributed by atoms with Crippen molar-refractivity contribution in [1.82, 2.24) is 10.4 Å². The van der Waals surface area contributed by atoms with Crippen molar-refractivity contribution in [3.63, 3.8) is 0 Å². The van der Waals surface area contributed by atoms with E-state index in [1.807, 2.05) is 32.0 Å². The first-order valence-electron chi connectivity index (χ1n) is 7.62. The van der Waals surface area contributed by atoms with Gasteiger partial charge in [0.25, 0.3) is 11.6 Å². The number of aryl methyl sites for hydroxylation is 2. The molecule has 7 heteroatoms. The molecule has 0 unspecified atom stereocenters. The Labute approximate surface area is 143 Å². The number of carbonyl (C=O) groups is 1. The van der Waals surface area contributed by atoms with Gasteiger partial charge in [-0.3, -0.25) is 14.9 Å². The van der Waals surface area contributed by atoms with E-state index in [0.29, 0.717) is 11.3 Å². The monoisotopic (exact) mass is 336 g/mol. The van der Waals surface area contributed by atoms with Gasteiger partial charge in [-0.15, -0.1) is 0 Å². The molecule has 0 aliphatic heterocycles. The lowest BCUT2D eigenvalue weighted by Gasteiger charge is -1.99. The normalized spacial score (nSPS) is 11.1. The Morgan fingerprint density at radius 1 is 1.24 bits per heavy atom. The number of aromatic amines is 1. The molecular weight excluding hydrogens is 320 g/mol. The molecule has 0 spiro atoms. The van der Waals surface area contributed by atoms with Gasteiger partial charge in [0.15, 0.2) is 0 Å². The molecule has 0 saturated heterocycles. The van der Waals surface area contributed by atoms with Crippen molar-refractivity contribution in [2.45, 2.75) is 13.8 Å². The number of hydrogen-bond donors (Lipinski definition) is 2. The van der Waals surface area contributed by atoms with E-state index in [9.17, 15) is 14.9 Å². The number of aromatic nitrogens is 1. The molecule has 2 aromatic carbocycles. The van der Waals surface area contributed by atoms with Crippen molar-refractivity contribution < 1.29 is 9.72 Å². The van der Waals surface area contributed by atoms with E-state index < -0.39 is 4.92 Å². The number of nitrogens with zero attached hydrogens (tertiary/aromatic N) is 2. The van der Waals surface area contributed by atoms with Gasteiger partial charge in [-0.25, -0.2) is 5.43 Å². The molecule has 25 heavy (non-hydrogen) atoms. The topological polar surface area (TPSA) is 100 Å². The van der Waals surface area contributed by atoms with Crippen molar-refractivity contribution in [3.05, 3.63) is 75.0 Å². The molecule has 126 valence electrons. The summed E-state index contributed by atoms with van der Waals surface area (Å²) in [5.74, 6) is -0.368. The molecule has 1 amide bonds. The number of hydrogen-bond acceptors (Lipinski definition) is 4. The minimum Gasteiger partial charge on any atom is -0.350 e. The standard InChI is InChI=1S/C18H16N4O3/c1-11-6-7-16-15(8-11)12(2)17(20-16)18(23)21-19-10-13-4-3-5-14(9-13)22(24)25/h3-10,20H,1-2H3,(H,21,23)/b19-10+. The minimum absolute atomic E-state index is 0.0305. The van der Waals surface area contributed by atoms with Gasteiger partial charge in [0.05, 0.1) is 11.1 Å². The predicted molar refractivity (Wildman–Crippen MR) is 95.9 cm³/mol. The first-order valence-corrected chi connectivity index (χ1v) is 7.62. The Morgan fingerprint density at radius 2 is 2.04 bits per heavy atom. The quantitative estimate of drug-likeness (QED) is 0.433. The number of H-pyrrole nitrogens is 1. The Morgan fingerprint density at radius 3 is 2.80 bits per heavy atom. The average Bonchev–Trinajstić information content (AvgIpc) is 2.91. The van der Waals surface area contributed by atoms with Crippen LogP contribution in [-0.4, -0.2) is 22.0 Å². The van der Waals surface area contributed by atoms with E-state index >= 15 is 0 Å². The third-order valence-corrected chi connectivity index (χ3v) is 3.90. The maximum Gasteiger partial charge on any atom is 0.288 e. The van der Waals surface area contributed by atoms with Crippen molar-refractivity contribution in [1.29, 1.82) is 0 Å². The fraction of sp³-hybridized carbons (Fsp3) is 0.111. The molecule has 0 radical (unpaired) electrons. The summed E-state index contributed by atoms with van der Waals surface area (Å²) in [6.45, 7) is 3.87. The molecule has 3 aromatic rings. The van der Waals surface area contributed by atoms with Crippen LogP contribution in [0.1, 0.15) is 27.2 Å². The molecule has 0 aliphatic carbocycles. The summed E-state index contributed by atoms with van der Waals surface area (Å²) >= 11 is 0. The van der Waals surface area contributed by atoms with Crippen LogP contribution in [-0.2, 0) is 0 Å². The Bertz CT molecular complexity index is 1000. The number of rotatable bonds is 4. The zero-order valence-electron chi connectivity index (χ0n) is 13.7. The van der Waals surface area contributed by atoms with Gasteiger partial charge in [-0.05, 0) is 31.5 Å². The summed E-state index contributed by atoms with van der Waals surface area (Å²) in [5, 5.41) is 15.6. The van der Waals surface area contributed by atoms with E-state index in [0.717, 1.165) is 22.0 Å². The van der Waals surface area contributed by atoms with Gasteiger partial charge in [-0.2, -0.15) is 5.10 Å². The Hall–Kier alpha value is -3.48. The molecule has 0 atom stereocenters. The summed E-state index contributed by atoms with van der Waals surface area (Å²) in [4.78, 5) is 25.7. The number of carbonyl (C=O) groups excluding carboxylic acids is 1. The highest BCUT2D eigenvalue weighted by molar-refractivity contribution is 6.01. The van der Waals surface area contributed by atoms with E-state index in [2.05, 4.69) is 15.5 Å².